The molecule has 0 saturated carbocycles. The van der Waals surface area contributed by atoms with Crippen LogP contribution >= 0.6 is 0 Å². The molecule has 1 aromatic carbocycles. The van der Waals surface area contributed by atoms with Crippen molar-refractivity contribution in [3.05, 3.63) is 36.0 Å². The molecule has 0 saturated heterocycles. The first kappa shape index (κ1) is 18.8. The van der Waals surface area contributed by atoms with Crippen LogP contribution in [0.2, 0.25) is 0 Å². The van der Waals surface area contributed by atoms with Crippen molar-refractivity contribution in [1.29, 1.82) is 0 Å². The molecule has 1 atom stereocenters. The van der Waals surface area contributed by atoms with Gasteiger partial charge in [-0.15, -0.1) is 0 Å². The third-order valence-corrected chi connectivity index (χ3v) is 3.79. The van der Waals surface area contributed by atoms with Gasteiger partial charge in [0.25, 0.3) is 0 Å². The van der Waals surface area contributed by atoms with E-state index >= 15 is 0 Å². The van der Waals surface area contributed by atoms with Crippen molar-refractivity contribution in [1.82, 2.24) is 19.7 Å². The maximum atomic E-state index is 12.7. The van der Waals surface area contributed by atoms with Crippen LogP contribution in [0, 0.1) is 0 Å². The normalized spacial score (nSPS) is 13.0. The van der Waals surface area contributed by atoms with Gasteiger partial charge in [-0.25, -0.2) is 4.39 Å². The quantitative estimate of drug-likeness (QED) is 0.567. The van der Waals surface area contributed by atoms with Gasteiger partial charge >= 0.3 is 6.18 Å². The fraction of sp³-hybridized carbons (Fsp3) is 0.312. The summed E-state index contributed by atoms with van der Waals surface area (Å²) in [5.41, 5.74) is 5.70. The van der Waals surface area contributed by atoms with E-state index in [0.717, 1.165) is 12.1 Å². The summed E-state index contributed by atoms with van der Waals surface area (Å²) in [7, 11) is 1.69. The van der Waals surface area contributed by atoms with Crippen LogP contribution < -0.4 is 16.4 Å². The molecule has 27 heavy (non-hydrogen) atoms. The highest BCUT2D eigenvalue weighted by Crippen LogP contribution is 2.31. The van der Waals surface area contributed by atoms with Crippen molar-refractivity contribution in [2.75, 3.05) is 23.9 Å². The minimum absolute atomic E-state index is 0.125. The van der Waals surface area contributed by atoms with Gasteiger partial charge in [-0.05, 0) is 24.3 Å². The molecule has 11 heteroatoms. The molecule has 0 bridgehead atoms. The standard InChI is InChI=1S/C16H17F4N7/c1-27-14-12(8-23-27)13(25-15(26-14)22-7-10(21)6-17)24-11-4-2-9(3-5-11)16(18,19)20/h2-5,8,10H,6-7,21H2,1H3,(H2,22,24,25,26). The Morgan fingerprint density at radius 1 is 1.19 bits per heavy atom. The Balaban J connectivity index is 1.90. The third kappa shape index (κ3) is 4.25. The van der Waals surface area contributed by atoms with Gasteiger partial charge in [0.1, 0.15) is 12.5 Å². The van der Waals surface area contributed by atoms with Crippen LogP contribution in [-0.2, 0) is 13.2 Å². The fourth-order valence-corrected chi connectivity index (χ4v) is 2.35. The van der Waals surface area contributed by atoms with Crippen molar-refractivity contribution in [3.63, 3.8) is 0 Å². The number of benzene rings is 1. The average Bonchev–Trinajstić information content (AvgIpc) is 3.01. The Kier molecular flexibility index (Phi) is 5.13. The zero-order chi connectivity index (χ0) is 19.6. The first-order valence-electron chi connectivity index (χ1n) is 7.97. The summed E-state index contributed by atoms with van der Waals surface area (Å²) in [6.07, 6.45) is -2.87. The number of nitrogens with zero attached hydrogens (tertiary/aromatic N) is 4. The Morgan fingerprint density at radius 3 is 2.52 bits per heavy atom. The van der Waals surface area contributed by atoms with Gasteiger partial charge in [0, 0.05) is 19.3 Å². The van der Waals surface area contributed by atoms with Crippen LogP contribution in [0.5, 0.6) is 0 Å². The zero-order valence-corrected chi connectivity index (χ0v) is 14.3. The molecule has 0 radical (unpaired) electrons. The van der Waals surface area contributed by atoms with E-state index in [-0.39, 0.29) is 12.5 Å². The maximum absolute atomic E-state index is 12.7. The van der Waals surface area contributed by atoms with E-state index in [1.165, 1.54) is 16.8 Å². The van der Waals surface area contributed by atoms with Crippen LogP contribution in [0.25, 0.3) is 11.0 Å². The first-order valence-corrected chi connectivity index (χ1v) is 7.97. The molecule has 1 unspecified atom stereocenters. The summed E-state index contributed by atoms with van der Waals surface area (Å²) < 4.78 is 52.1. The van der Waals surface area contributed by atoms with E-state index < -0.39 is 24.5 Å². The molecule has 0 aliphatic rings. The van der Waals surface area contributed by atoms with Gasteiger partial charge in [0.2, 0.25) is 5.95 Å². The summed E-state index contributed by atoms with van der Waals surface area (Å²) in [6.45, 7) is -0.572. The lowest BCUT2D eigenvalue weighted by atomic mass is 10.2. The SMILES string of the molecule is Cn1ncc2c(Nc3ccc(C(F)(F)F)cc3)nc(NCC(N)CF)nc21. The lowest BCUT2D eigenvalue weighted by Gasteiger charge is -2.12. The number of rotatable bonds is 6. The summed E-state index contributed by atoms with van der Waals surface area (Å²) >= 11 is 0. The van der Waals surface area contributed by atoms with Crippen molar-refractivity contribution in [2.45, 2.75) is 12.2 Å². The summed E-state index contributed by atoms with van der Waals surface area (Å²) in [5.74, 6) is 0.550. The number of fused-ring (bicyclic) bond motifs is 1. The van der Waals surface area contributed by atoms with E-state index in [0.29, 0.717) is 22.5 Å². The van der Waals surface area contributed by atoms with Crippen LogP contribution in [-0.4, -0.2) is 39.0 Å². The molecule has 4 N–H and O–H groups in total. The van der Waals surface area contributed by atoms with Gasteiger partial charge in [0.15, 0.2) is 5.65 Å². The molecule has 0 amide bonds. The van der Waals surface area contributed by atoms with Gasteiger partial charge in [0.05, 0.1) is 23.2 Å². The van der Waals surface area contributed by atoms with Crippen LogP contribution in [0.3, 0.4) is 0 Å². The number of hydrogen-bond donors (Lipinski definition) is 3. The second-order valence-corrected chi connectivity index (χ2v) is 5.90. The number of alkyl halides is 4. The molecule has 0 aliphatic heterocycles. The van der Waals surface area contributed by atoms with E-state index in [2.05, 4.69) is 25.7 Å². The molecule has 144 valence electrons. The number of hydrogen-bond acceptors (Lipinski definition) is 6. The molecular weight excluding hydrogens is 366 g/mol. The van der Waals surface area contributed by atoms with E-state index in [1.807, 2.05) is 0 Å². The van der Waals surface area contributed by atoms with E-state index in [1.54, 1.807) is 13.2 Å². The van der Waals surface area contributed by atoms with Gasteiger partial charge < -0.3 is 16.4 Å². The number of aromatic nitrogens is 4. The highest BCUT2D eigenvalue weighted by Gasteiger charge is 2.30. The molecule has 2 heterocycles. The topological polar surface area (TPSA) is 93.7 Å². The van der Waals surface area contributed by atoms with Crippen molar-refractivity contribution >= 4 is 28.5 Å². The Bertz CT molecular complexity index is 921. The largest absolute Gasteiger partial charge is 0.416 e. The number of halogens is 4. The zero-order valence-electron chi connectivity index (χ0n) is 14.3. The van der Waals surface area contributed by atoms with Crippen LogP contribution in [0.1, 0.15) is 5.56 Å². The lowest BCUT2D eigenvalue weighted by molar-refractivity contribution is -0.137. The summed E-state index contributed by atoms with van der Waals surface area (Å²) in [6, 6.07) is 3.85. The Morgan fingerprint density at radius 2 is 1.89 bits per heavy atom. The molecule has 0 fully saturated rings. The minimum atomic E-state index is -4.41. The predicted octanol–water partition coefficient (Wildman–Crippen LogP) is 2.83. The number of anilines is 3. The van der Waals surface area contributed by atoms with E-state index in [4.69, 9.17) is 5.73 Å². The number of nitrogens with two attached hydrogens (primary N) is 1. The summed E-state index contributed by atoms with van der Waals surface area (Å²) in [5, 5.41) is 10.5. The molecular formula is C16H17F4N7. The molecule has 2 aromatic heterocycles. The molecule has 3 rings (SSSR count). The maximum Gasteiger partial charge on any atom is 0.416 e. The van der Waals surface area contributed by atoms with Gasteiger partial charge in [-0.3, -0.25) is 4.68 Å². The van der Waals surface area contributed by atoms with Crippen molar-refractivity contribution in [3.8, 4) is 0 Å². The number of aryl methyl sites for hydroxylation is 1. The van der Waals surface area contributed by atoms with Crippen molar-refractivity contribution < 1.29 is 17.6 Å². The third-order valence-electron chi connectivity index (χ3n) is 3.79. The summed E-state index contributed by atoms with van der Waals surface area (Å²) in [4.78, 5) is 8.60. The minimum Gasteiger partial charge on any atom is -0.352 e. The van der Waals surface area contributed by atoms with E-state index in [9.17, 15) is 17.6 Å². The van der Waals surface area contributed by atoms with Crippen LogP contribution in [0.4, 0.5) is 35.0 Å². The predicted molar refractivity (Wildman–Crippen MR) is 93.5 cm³/mol. The lowest BCUT2D eigenvalue weighted by Crippen LogP contribution is -2.31. The van der Waals surface area contributed by atoms with Crippen molar-refractivity contribution in [2.24, 2.45) is 12.8 Å². The second kappa shape index (κ2) is 7.35. The molecule has 3 aromatic rings. The first-order chi connectivity index (χ1) is 12.8. The molecule has 0 spiro atoms. The van der Waals surface area contributed by atoms with Crippen LogP contribution in [0.15, 0.2) is 30.5 Å². The Hall–Kier alpha value is -2.95. The highest BCUT2D eigenvalue weighted by molar-refractivity contribution is 5.89. The van der Waals surface area contributed by atoms with Gasteiger partial charge in [-0.2, -0.15) is 28.2 Å². The Labute approximate surface area is 151 Å². The monoisotopic (exact) mass is 383 g/mol. The highest BCUT2D eigenvalue weighted by atomic mass is 19.4. The number of nitrogens with one attached hydrogen (secondary N) is 2. The fourth-order valence-electron chi connectivity index (χ4n) is 2.35. The molecule has 0 aliphatic carbocycles. The average molecular weight is 383 g/mol. The second-order valence-electron chi connectivity index (χ2n) is 5.90. The molecule has 7 nitrogen and oxygen atoms in total. The smallest absolute Gasteiger partial charge is 0.352 e. The van der Waals surface area contributed by atoms with Gasteiger partial charge in [-0.1, -0.05) is 0 Å².